The van der Waals surface area contributed by atoms with Crippen LogP contribution >= 0.6 is 11.6 Å². The van der Waals surface area contributed by atoms with Crippen molar-refractivity contribution in [2.45, 2.75) is 26.2 Å². The highest BCUT2D eigenvalue weighted by atomic mass is 35.5. The van der Waals surface area contributed by atoms with Crippen molar-refractivity contribution in [2.24, 2.45) is 0 Å². The Morgan fingerprint density at radius 3 is 2.57 bits per heavy atom. The van der Waals surface area contributed by atoms with Gasteiger partial charge in [-0.2, -0.15) is 0 Å². The lowest BCUT2D eigenvalue weighted by atomic mass is 10.1. The van der Waals surface area contributed by atoms with Gasteiger partial charge in [-0.3, -0.25) is 4.79 Å². The molecule has 1 N–H and O–H groups in total. The zero-order valence-electron chi connectivity index (χ0n) is 13.1. The number of aryl methyl sites for hydroxylation is 1. The number of rotatable bonds is 3. The molecule has 120 valence electrons. The van der Waals surface area contributed by atoms with Crippen LogP contribution in [0.3, 0.4) is 0 Å². The van der Waals surface area contributed by atoms with Crippen LogP contribution in [-0.4, -0.2) is 29.2 Å². The monoisotopic (exact) mass is 330 g/mol. The zero-order chi connectivity index (χ0) is 16.2. The average Bonchev–Trinajstić information content (AvgIpc) is 2.58. The van der Waals surface area contributed by atoms with E-state index in [2.05, 4.69) is 20.4 Å². The number of nitrogens with zero attached hydrogens (tertiary/aromatic N) is 3. The molecule has 1 aromatic heterocycles. The number of piperidine rings is 1. The fourth-order valence-electron chi connectivity index (χ4n) is 2.69. The van der Waals surface area contributed by atoms with E-state index >= 15 is 0 Å². The average molecular weight is 331 g/mol. The van der Waals surface area contributed by atoms with E-state index in [1.807, 2.05) is 19.1 Å². The van der Waals surface area contributed by atoms with E-state index in [1.165, 1.54) is 19.3 Å². The molecule has 2 aromatic rings. The Morgan fingerprint density at radius 1 is 1.13 bits per heavy atom. The van der Waals surface area contributed by atoms with E-state index in [1.54, 1.807) is 18.2 Å². The molecule has 3 rings (SSSR count). The van der Waals surface area contributed by atoms with Gasteiger partial charge in [-0.1, -0.05) is 11.6 Å². The number of anilines is 2. The number of hydrogen-bond acceptors (Lipinski definition) is 4. The molecule has 23 heavy (non-hydrogen) atoms. The van der Waals surface area contributed by atoms with Gasteiger partial charge in [-0.15, -0.1) is 10.2 Å². The lowest BCUT2D eigenvalue weighted by Crippen LogP contribution is -2.30. The molecule has 1 aliphatic heterocycles. The van der Waals surface area contributed by atoms with Gasteiger partial charge in [0.25, 0.3) is 5.91 Å². The fourth-order valence-corrected chi connectivity index (χ4v) is 2.92. The third-order valence-corrected chi connectivity index (χ3v) is 4.23. The summed E-state index contributed by atoms with van der Waals surface area (Å²) in [5.74, 6) is 0.567. The molecule has 2 heterocycles. The van der Waals surface area contributed by atoms with Crippen molar-refractivity contribution in [2.75, 3.05) is 23.3 Å². The summed E-state index contributed by atoms with van der Waals surface area (Å²) < 4.78 is 0. The highest BCUT2D eigenvalue weighted by Gasteiger charge is 2.14. The SMILES string of the molecule is Cc1cc(Cl)ccc1NC(=O)c1ccc(N2CCCCC2)nn1. The molecule has 0 unspecified atom stereocenters. The zero-order valence-corrected chi connectivity index (χ0v) is 13.8. The van der Waals surface area contributed by atoms with Crippen molar-refractivity contribution in [3.8, 4) is 0 Å². The third kappa shape index (κ3) is 3.79. The van der Waals surface area contributed by atoms with Crippen molar-refractivity contribution in [1.29, 1.82) is 0 Å². The minimum absolute atomic E-state index is 0.270. The quantitative estimate of drug-likeness (QED) is 0.932. The van der Waals surface area contributed by atoms with Crippen molar-refractivity contribution >= 4 is 29.0 Å². The van der Waals surface area contributed by atoms with Crippen molar-refractivity contribution in [3.05, 3.63) is 46.6 Å². The van der Waals surface area contributed by atoms with E-state index in [0.29, 0.717) is 10.7 Å². The van der Waals surface area contributed by atoms with Crippen LogP contribution in [0.25, 0.3) is 0 Å². The molecular weight excluding hydrogens is 312 g/mol. The number of carbonyl (C=O) groups excluding carboxylic acids is 1. The minimum Gasteiger partial charge on any atom is -0.355 e. The third-order valence-electron chi connectivity index (χ3n) is 4.00. The van der Waals surface area contributed by atoms with Crippen LogP contribution < -0.4 is 10.2 Å². The van der Waals surface area contributed by atoms with Crippen LogP contribution in [0.2, 0.25) is 5.02 Å². The molecule has 0 bridgehead atoms. The smallest absolute Gasteiger partial charge is 0.276 e. The van der Waals surface area contributed by atoms with Gasteiger partial charge in [0.05, 0.1) is 0 Å². The molecule has 0 atom stereocenters. The Labute approximate surface area is 140 Å². The standard InChI is InChI=1S/C17H19ClN4O/c1-12-11-13(18)5-6-14(12)19-17(23)15-7-8-16(21-20-15)22-9-3-2-4-10-22/h5-8,11H,2-4,9-10H2,1H3,(H,19,23). The molecule has 1 amide bonds. The molecule has 1 aromatic carbocycles. The van der Waals surface area contributed by atoms with Crippen LogP contribution in [0.1, 0.15) is 35.3 Å². The Balaban J connectivity index is 1.69. The normalized spacial score (nSPS) is 14.6. The molecule has 1 saturated heterocycles. The largest absolute Gasteiger partial charge is 0.355 e. The second kappa shape index (κ2) is 6.96. The van der Waals surface area contributed by atoms with Crippen LogP contribution in [-0.2, 0) is 0 Å². The predicted molar refractivity (Wildman–Crippen MR) is 92.2 cm³/mol. The summed E-state index contributed by atoms with van der Waals surface area (Å²) in [5, 5.41) is 11.7. The Morgan fingerprint density at radius 2 is 1.91 bits per heavy atom. The first-order chi connectivity index (χ1) is 11.1. The van der Waals surface area contributed by atoms with E-state index < -0.39 is 0 Å². The highest BCUT2D eigenvalue weighted by Crippen LogP contribution is 2.20. The molecule has 1 fully saturated rings. The van der Waals surface area contributed by atoms with Gasteiger partial charge in [-0.05, 0) is 62.1 Å². The number of benzene rings is 1. The topological polar surface area (TPSA) is 58.1 Å². The maximum Gasteiger partial charge on any atom is 0.276 e. The summed E-state index contributed by atoms with van der Waals surface area (Å²) in [5.41, 5.74) is 1.94. The molecular formula is C17H19ClN4O. The lowest BCUT2D eigenvalue weighted by Gasteiger charge is -2.27. The van der Waals surface area contributed by atoms with Crippen molar-refractivity contribution in [1.82, 2.24) is 10.2 Å². The van der Waals surface area contributed by atoms with Gasteiger partial charge < -0.3 is 10.2 Å². The van der Waals surface area contributed by atoms with Gasteiger partial charge in [0.2, 0.25) is 0 Å². The molecule has 0 aliphatic carbocycles. The summed E-state index contributed by atoms with van der Waals surface area (Å²) in [6.45, 7) is 3.90. The number of amides is 1. The van der Waals surface area contributed by atoms with E-state index in [9.17, 15) is 4.79 Å². The van der Waals surface area contributed by atoms with Gasteiger partial charge >= 0.3 is 0 Å². The fraction of sp³-hybridized carbons (Fsp3) is 0.353. The first kappa shape index (κ1) is 15.7. The summed E-state index contributed by atoms with van der Waals surface area (Å²) in [7, 11) is 0. The maximum absolute atomic E-state index is 12.3. The van der Waals surface area contributed by atoms with Crippen molar-refractivity contribution in [3.63, 3.8) is 0 Å². The van der Waals surface area contributed by atoms with E-state index in [-0.39, 0.29) is 5.91 Å². The first-order valence-electron chi connectivity index (χ1n) is 7.80. The Bertz CT molecular complexity index is 696. The first-order valence-corrected chi connectivity index (χ1v) is 8.17. The Kier molecular flexibility index (Phi) is 4.76. The molecule has 1 aliphatic rings. The Hall–Kier alpha value is -2.14. The number of halogens is 1. The van der Waals surface area contributed by atoms with Crippen LogP contribution in [0, 0.1) is 6.92 Å². The number of aromatic nitrogens is 2. The predicted octanol–water partition coefficient (Wildman–Crippen LogP) is 3.68. The second-order valence-electron chi connectivity index (χ2n) is 5.74. The summed E-state index contributed by atoms with van der Waals surface area (Å²) in [6, 6.07) is 8.92. The summed E-state index contributed by atoms with van der Waals surface area (Å²) in [4.78, 5) is 14.5. The van der Waals surface area contributed by atoms with Crippen LogP contribution in [0.4, 0.5) is 11.5 Å². The highest BCUT2D eigenvalue weighted by molar-refractivity contribution is 6.30. The minimum atomic E-state index is -0.270. The molecule has 0 radical (unpaired) electrons. The van der Waals surface area contributed by atoms with Gasteiger partial charge in [0.1, 0.15) is 0 Å². The number of nitrogens with one attached hydrogen (secondary N) is 1. The van der Waals surface area contributed by atoms with Gasteiger partial charge in [0.15, 0.2) is 11.5 Å². The molecule has 0 spiro atoms. The summed E-state index contributed by atoms with van der Waals surface area (Å²) in [6.07, 6.45) is 3.63. The lowest BCUT2D eigenvalue weighted by molar-refractivity contribution is 0.102. The summed E-state index contributed by atoms with van der Waals surface area (Å²) >= 11 is 5.92. The number of hydrogen-bond donors (Lipinski definition) is 1. The number of carbonyl (C=O) groups is 1. The van der Waals surface area contributed by atoms with Gasteiger partial charge in [-0.25, -0.2) is 0 Å². The van der Waals surface area contributed by atoms with E-state index in [0.717, 1.165) is 30.2 Å². The van der Waals surface area contributed by atoms with E-state index in [4.69, 9.17) is 11.6 Å². The molecule has 0 saturated carbocycles. The molecule has 5 nitrogen and oxygen atoms in total. The van der Waals surface area contributed by atoms with Crippen LogP contribution in [0.5, 0.6) is 0 Å². The van der Waals surface area contributed by atoms with Crippen molar-refractivity contribution < 1.29 is 4.79 Å². The van der Waals surface area contributed by atoms with Gasteiger partial charge in [0, 0.05) is 23.8 Å². The maximum atomic E-state index is 12.3. The molecule has 6 heteroatoms. The second-order valence-corrected chi connectivity index (χ2v) is 6.17. The van der Waals surface area contributed by atoms with Crippen LogP contribution in [0.15, 0.2) is 30.3 Å².